The van der Waals surface area contributed by atoms with Gasteiger partial charge in [-0.2, -0.15) is 0 Å². The predicted octanol–water partition coefficient (Wildman–Crippen LogP) is 1.32. The quantitative estimate of drug-likeness (QED) is 0.850. The fraction of sp³-hybridized carbons (Fsp3) is 0.286. The van der Waals surface area contributed by atoms with Crippen LogP contribution in [0.15, 0.2) is 40.9 Å². The summed E-state index contributed by atoms with van der Waals surface area (Å²) < 4.78 is 4.88. The molecule has 2 N–H and O–H groups in total. The molecule has 0 saturated heterocycles. The summed E-state index contributed by atoms with van der Waals surface area (Å²) in [6.45, 7) is 1.61. The number of hydrogen-bond donors (Lipinski definition) is 2. The average molecular weight is 260 g/mol. The van der Waals surface area contributed by atoms with Crippen LogP contribution >= 0.6 is 0 Å². The van der Waals surface area contributed by atoms with Crippen molar-refractivity contribution in [3.8, 4) is 0 Å². The number of aromatic nitrogens is 1. The Morgan fingerprint density at radius 2 is 2.16 bits per heavy atom. The van der Waals surface area contributed by atoms with Crippen LogP contribution in [0.1, 0.15) is 21.8 Å². The zero-order valence-electron chi connectivity index (χ0n) is 10.7. The number of nitrogens with one attached hydrogen (secondary N) is 1. The second kappa shape index (κ2) is 6.15. The molecule has 0 aliphatic carbocycles. The average Bonchev–Trinajstić information content (AvgIpc) is 2.86. The minimum atomic E-state index is -0.365. The number of carbonyl (C=O) groups is 1. The van der Waals surface area contributed by atoms with Crippen molar-refractivity contribution in [3.05, 3.63) is 53.4 Å². The largest absolute Gasteiger partial charge is 0.394 e. The van der Waals surface area contributed by atoms with Gasteiger partial charge in [-0.05, 0) is 18.9 Å². The van der Waals surface area contributed by atoms with Crippen LogP contribution in [-0.4, -0.2) is 28.8 Å². The summed E-state index contributed by atoms with van der Waals surface area (Å²) in [5, 5.41) is 15.7. The van der Waals surface area contributed by atoms with Crippen LogP contribution < -0.4 is 5.32 Å². The molecule has 100 valence electrons. The topological polar surface area (TPSA) is 75.4 Å². The zero-order chi connectivity index (χ0) is 13.7. The first-order valence-corrected chi connectivity index (χ1v) is 6.08. The van der Waals surface area contributed by atoms with Gasteiger partial charge < -0.3 is 14.9 Å². The van der Waals surface area contributed by atoms with E-state index in [1.807, 2.05) is 30.3 Å². The lowest BCUT2D eigenvalue weighted by Gasteiger charge is -2.15. The van der Waals surface area contributed by atoms with Crippen LogP contribution in [0, 0.1) is 6.92 Å². The second-order valence-electron chi connectivity index (χ2n) is 4.38. The maximum absolute atomic E-state index is 11.9. The van der Waals surface area contributed by atoms with E-state index in [-0.39, 0.29) is 24.3 Å². The number of rotatable bonds is 5. The third-order valence-electron chi connectivity index (χ3n) is 2.73. The molecule has 0 aliphatic heterocycles. The van der Waals surface area contributed by atoms with E-state index in [0.717, 1.165) is 5.56 Å². The molecule has 19 heavy (non-hydrogen) atoms. The van der Waals surface area contributed by atoms with E-state index in [4.69, 9.17) is 4.52 Å². The van der Waals surface area contributed by atoms with E-state index in [1.165, 1.54) is 0 Å². The lowest BCUT2D eigenvalue weighted by atomic mass is 10.1. The maximum Gasteiger partial charge on any atom is 0.290 e. The van der Waals surface area contributed by atoms with E-state index in [1.54, 1.807) is 13.0 Å². The first-order chi connectivity index (χ1) is 9.19. The first kappa shape index (κ1) is 13.3. The van der Waals surface area contributed by atoms with Crippen LogP contribution in [0.25, 0.3) is 0 Å². The third kappa shape index (κ3) is 3.66. The molecule has 0 radical (unpaired) electrons. The lowest BCUT2D eigenvalue weighted by molar-refractivity contribution is 0.0879. The Balaban J connectivity index is 1.97. The molecule has 1 aromatic heterocycles. The van der Waals surface area contributed by atoms with Gasteiger partial charge in [0.15, 0.2) is 0 Å². The summed E-state index contributed by atoms with van der Waals surface area (Å²) in [6.07, 6.45) is 0.566. The molecule has 5 nitrogen and oxygen atoms in total. The Morgan fingerprint density at radius 1 is 1.42 bits per heavy atom. The summed E-state index contributed by atoms with van der Waals surface area (Å²) in [7, 11) is 0. The number of hydrogen-bond acceptors (Lipinski definition) is 4. The van der Waals surface area contributed by atoms with E-state index < -0.39 is 0 Å². The van der Waals surface area contributed by atoms with Crippen molar-refractivity contribution < 1.29 is 14.4 Å². The molecule has 0 fully saturated rings. The number of aliphatic hydroxyl groups is 1. The van der Waals surface area contributed by atoms with Crippen LogP contribution in [-0.2, 0) is 6.42 Å². The summed E-state index contributed by atoms with van der Waals surface area (Å²) in [5.41, 5.74) is 1.70. The molecular formula is C14H16N2O3. The fourth-order valence-electron chi connectivity index (χ4n) is 1.79. The molecule has 1 heterocycles. The molecule has 1 atom stereocenters. The van der Waals surface area contributed by atoms with Gasteiger partial charge in [0.1, 0.15) is 0 Å². The lowest BCUT2D eigenvalue weighted by Crippen LogP contribution is -2.38. The molecule has 0 unspecified atom stereocenters. The Morgan fingerprint density at radius 3 is 2.74 bits per heavy atom. The highest BCUT2D eigenvalue weighted by atomic mass is 16.5. The molecule has 1 aromatic carbocycles. The van der Waals surface area contributed by atoms with Crippen molar-refractivity contribution in [1.29, 1.82) is 0 Å². The summed E-state index contributed by atoms with van der Waals surface area (Å²) in [5.74, 6) is -0.209. The fourth-order valence-corrected chi connectivity index (χ4v) is 1.79. The number of carbonyl (C=O) groups excluding carboxylic acids is 1. The second-order valence-corrected chi connectivity index (χ2v) is 4.38. The number of amides is 1. The monoisotopic (exact) mass is 260 g/mol. The molecule has 0 spiro atoms. The summed E-state index contributed by atoms with van der Waals surface area (Å²) in [6, 6.07) is 10.9. The van der Waals surface area contributed by atoms with Gasteiger partial charge in [-0.25, -0.2) is 0 Å². The molecule has 2 aromatic rings. The van der Waals surface area contributed by atoms with Crippen molar-refractivity contribution in [3.63, 3.8) is 0 Å². The predicted molar refractivity (Wildman–Crippen MR) is 69.7 cm³/mol. The normalized spacial score (nSPS) is 12.1. The molecule has 1 amide bonds. The Hall–Kier alpha value is -2.14. The van der Waals surface area contributed by atoms with E-state index in [9.17, 15) is 9.90 Å². The minimum Gasteiger partial charge on any atom is -0.394 e. The molecule has 2 rings (SSSR count). The van der Waals surface area contributed by atoms with Crippen molar-refractivity contribution >= 4 is 5.91 Å². The van der Waals surface area contributed by atoms with E-state index in [0.29, 0.717) is 12.1 Å². The number of benzene rings is 1. The van der Waals surface area contributed by atoms with Crippen LogP contribution in [0.5, 0.6) is 0 Å². The van der Waals surface area contributed by atoms with Gasteiger partial charge in [-0.3, -0.25) is 4.79 Å². The van der Waals surface area contributed by atoms with Gasteiger partial charge in [-0.15, -0.1) is 0 Å². The highest BCUT2D eigenvalue weighted by Crippen LogP contribution is 2.06. The van der Waals surface area contributed by atoms with Crippen molar-refractivity contribution in [2.45, 2.75) is 19.4 Å². The smallest absolute Gasteiger partial charge is 0.290 e. The van der Waals surface area contributed by atoms with Crippen LogP contribution in [0.3, 0.4) is 0 Å². The van der Waals surface area contributed by atoms with Crippen molar-refractivity contribution in [2.75, 3.05) is 6.61 Å². The molecule has 5 heteroatoms. The Labute approximate surface area is 111 Å². The van der Waals surface area contributed by atoms with Gasteiger partial charge >= 0.3 is 0 Å². The van der Waals surface area contributed by atoms with E-state index >= 15 is 0 Å². The molecular weight excluding hydrogens is 244 g/mol. The zero-order valence-corrected chi connectivity index (χ0v) is 10.7. The molecule has 0 aliphatic rings. The SMILES string of the molecule is Cc1cc(C(=O)N[C@H](CO)Cc2ccccc2)on1. The number of aryl methyl sites for hydroxylation is 1. The van der Waals surface area contributed by atoms with E-state index in [2.05, 4.69) is 10.5 Å². The summed E-state index contributed by atoms with van der Waals surface area (Å²) >= 11 is 0. The van der Waals surface area contributed by atoms with Crippen LogP contribution in [0.4, 0.5) is 0 Å². The number of nitrogens with zero attached hydrogens (tertiary/aromatic N) is 1. The van der Waals surface area contributed by atoms with Gasteiger partial charge in [0.25, 0.3) is 5.91 Å². The van der Waals surface area contributed by atoms with Gasteiger partial charge in [0.05, 0.1) is 18.3 Å². The standard InChI is InChI=1S/C14H16N2O3/c1-10-7-13(19-16-10)14(18)15-12(9-17)8-11-5-3-2-4-6-11/h2-7,12,17H,8-9H2,1H3,(H,15,18)/t12-/m0/s1. The van der Waals surface area contributed by atoms with Gasteiger partial charge in [0, 0.05) is 6.07 Å². The Kier molecular flexibility index (Phi) is 4.30. The van der Waals surface area contributed by atoms with Gasteiger partial charge in [0.2, 0.25) is 5.76 Å². The third-order valence-corrected chi connectivity index (χ3v) is 2.73. The highest BCUT2D eigenvalue weighted by molar-refractivity contribution is 5.91. The summed E-state index contributed by atoms with van der Waals surface area (Å²) in [4.78, 5) is 11.9. The first-order valence-electron chi connectivity index (χ1n) is 6.08. The molecule has 0 saturated carbocycles. The Bertz CT molecular complexity index is 537. The minimum absolute atomic E-state index is 0.131. The molecule has 0 bridgehead atoms. The van der Waals surface area contributed by atoms with Crippen molar-refractivity contribution in [2.24, 2.45) is 0 Å². The number of aliphatic hydroxyl groups excluding tert-OH is 1. The van der Waals surface area contributed by atoms with Crippen molar-refractivity contribution in [1.82, 2.24) is 10.5 Å². The van der Waals surface area contributed by atoms with Gasteiger partial charge in [-0.1, -0.05) is 35.5 Å². The van der Waals surface area contributed by atoms with Crippen LogP contribution in [0.2, 0.25) is 0 Å². The maximum atomic E-state index is 11.9. The highest BCUT2D eigenvalue weighted by Gasteiger charge is 2.16.